The smallest absolute Gasteiger partial charge is 0.452 e. The lowest BCUT2D eigenvalue weighted by atomic mass is 10.2. The van der Waals surface area contributed by atoms with Gasteiger partial charge in [-0.05, 0) is 30.3 Å². The Morgan fingerprint density at radius 3 is 2.59 bits per heavy atom. The summed E-state index contributed by atoms with van der Waals surface area (Å²) in [5.74, 6) is -1.61. The molecule has 0 radical (unpaired) electrons. The fourth-order valence-corrected chi connectivity index (χ4v) is 2.35. The first-order valence-electron chi connectivity index (χ1n) is 7.88. The van der Waals surface area contributed by atoms with Crippen LogP contribution in [-0.4, -0.2) is 38.9 Å². The molecule has 0 fully saturated rings. The zero-order valence-electron chi connectivity index (χ0n) is 14.5. The Morgan fingerprint density at radius 2 is 1.85 bits per heavy atom. The third-order valence-corrected chi connectivity index (χ3v) is 3.62. The number of esters is 1. The number of rotatable bonds is 5. The van der Waals surface area contributed by atoms with E-state index in [9.17, 15) is 18.4 Å². The number of carbonyl (C=O) groups is 2. The molecule has 0 aliphatic carbocycles. The van der Waals surface area contributed by atoms with Crippen LogP contribution in [-0.2, 0) is 9.53 Å². The van der Waals surface area contributed by atoms with Gasteiger partial charge in [0.05, 0.1) is 5.56 Å². The van der Waals surface area contributed by atoms with Gasteiger partial charge in [-0.1, -0.05) is 6.07 Å². The molecular formula is C18H16F2N2O5. The summed E-state index contributed by atoms with van der Waals surface area (Å²) in [7, 11) is 3.66. The highest BCUT2D eigenvalue weighted by Gasteiger charge is 2.43. The molecule has 0 saturated carbocycles. The Hall–Kier alpha value is -3.36. The van der Waals surface area contributed by atoms with E-state index in [0.29, 0.717) is 5.56 Å². The molecular weight excluding hydrogens is 362 g/mol. The Kier molecular flexibility index (Phi) is 4.85. The van der Waals surface area contributed by atoms with Crippen LogP contribution >= 0.6 is 0 Å². The molecule has 1 N–H and O–H groups in total. The Morgan fingerprint density at radius 1 is 1.11 bits per heavy atom. The van der Waals surface area contributed by atoms with Gasteiger partial charge in [0.2, 0.25) is 0 Å². The minimum absolute atomic E-state index is 0.134. The summed E-state index contributed by atoms with van der Waals surface area (Å²) in [6.45, 7) is -0.532. The van der Waals surface area contributed by atoms with E-state index >= 15 is 0 Å². The van der Waals surface area contributed by atoms with Crippen LogP contribution in [0.2, 0.25) is 0 Å². The number of alkyl halides is 2. The number of halogens is 2. The number of fused-ring (bicyclic) bond motifs is 1. The molecule has 7 nitrogen and oxygen atoms in total. The number of hydrogen-bond acceptors (Lipinski definition) is 6. The molecule has 0 spiro atoms. The van der Waals surface area contributed by atoms with Gasteiger partial charge in [-0.2, -0.15) is 0 Å². The highest BCUT2D eigenvalue weighted by atomic mass is 19.3. The van der Waals surface area contributed by atoms with Crippen molar-refractivity contribution in [3.63, 3.8) is 0 Å². The van der Waals surface area contributed by atoms with Gasteiger partial charge < -0.3 is 24.4 Å². The first-order chi connectivity index (χ1) is 12.7. The lowest BCUT2D eigenvalue weighted by Gasteiger charge is -2.13. The van der Waals surface area contributed by atoms with Gasteiger partial charge in [0.25, 0.3) is 5.91 Å². The molecule has 142 valence electrons. The van der Waals surface area contributed by atoms with Gasteiger partial charge in [0, 0.05) is 31.5 Å². The van der Waals surface area contributed by atoms with E-state index in [4.69, 9.17) is 4.74 Å². The van der Waals surface area contributed by atoms with Crippen molar-refractivity contribution >= 4 is 23.3 Å². The minimum atomic E-state index is -3.73. The number of amides is 1. The predicted molar refractivity (Wildman–Crippen MR) is 92.3 cm³/mol. The van der Waals surface area contributed by atoms with Crippen molar-refractivity contribution in [1.29, 1.82) is 0 Å². The molecule has 0 unspecified atom stereocenters. The number of ether oxygens (including phenoxy) is 3. The van der Waals surface area contributed by atoms with E-state index in [1.54, 1.807) is 18.2 Å². The summed E-state index contributed by atoms with van der Waals surface area (Å²) in [5.41, 5.74) is 1.32. The number of nitrogens with one attached hydrogen (secondary N) is 1. The van der Waals surface area contributed by atoms with Crippen molar-refractivity contribution in [3.05, 3.63) is 48.0 Å². The van der Waals surface area contributed by atoms with Crippen LogP contribution in [0.25, 0.3) is 0 Å². The van der Waals surface area contributed by atoms with Gasteiger partial charge in [0.15, 0.2) is 18.1 Å². The summed E-state index contributed by atoms with van der Waals surface area (Å²) < 4.78 is 39.5. The molecule has 2 aromatic rings. The van der Waals surface area contributed by atoms with Gasteiger partial charge in [-0.3, -0.25) is 4.79 Å². The summed E-state index contributed by atoms with van der Waals surface area (Å²) >= 11 is 0. The Balaban J connectivity index is 1.56. The standard InChI is InChI=1S/C18H16F2N2O5/c1-22(2)13-5-3-4-11(8-13)17(24)25-10-16(23)21-12-6-7-14-15(9-12)27-18(19,20)26-14/h3-9H,10H2,1-2H3,(H,21,23). The third-order valence-electron chi connectivity index (χ3n) is 3.62. The quantitative estimate of drug-likeness (QED) is 0.807. The number of hydrogen-bond donors (Lipinski definition) is 1. The number of nitrogens with zero attached hydrogens (tertiary/aromatic N) is 1. The predicted octanol–water partition coefficient (Wildman–Crippen LogP) is 2.87. The number of anilines is 2. The molecule has 3 rings (SSSR count). The van der Waals surface area contributed by atoms with Crippen molar-refractivity contribution < 1.29 is 32.6 Å². The van der Waals surface area contributed by atoms with Crippen LogP contribution < -0.4 is 19.7 Å². The molecule has 2 aromatic carbocycles. The summed E-state index contributed by atoms with van der Waals surface area (Å²) in [4.78, 5) is 25.8. The highest BCUT2D eigenvalue weighted by molar-refractivity contribution is 5.96. The van der Waals surface area contributed by atoms with Crippen LogP contribution in [0, 0.1) is 0 Å². The lowest BCUT2D eigenvalue weighted by Crippen LogP contribution is -2.25. The maximum Gasteiger partial charge on any atom is 0.586 e. The van der Waals surface area contributed by atoms with Gasteiger partial charge in [-0.25, -0.2) is 4.79 Å². The SMILES string of the molecule is CN(C)c1cccc(C(=O)OCC(=O)Nc2ccc3c(c2)OC(F)(F)O3)c1. The van der Waals surface area contributed by atoms with Gasteiger partial charge in [0.1, 0.15) is 0 Å². The largest absolute Gasteiger partial charge is 0.586 e. The first-order valence-corrected chi connectivity index (χ1v) is 7.88. The summed E-state index contributed by atoms with van der Waals surface area (Å²) in [6.07, 6.45) is -3.73. The third kappa shape index (κ3) is 4.43. The van der Waals surface area contributed by atoms with Gasteiger partial charge in [-0.15, -0.1) is 8.78 Å². The fourth-order valence-electron chi connectivity index (χ4n) is 2.35. The van der Waals surface area contributed by atoms with E-state index in [1.165, 1.54) is 18.2 Å². The van der Waals surface area contributed by atoms with Crippen molar-refractivity contribution in [2.75, 3.05) is 30.9 Å². The molecule has 1 aliphatic rings. The molecule has 1 aliphatic heterocycles. The molecule has 0 atom stereocenters. The van der Waals surface area contributed by atoms with Crippen LogP contribution in [0.5, 0.6) is 11.5 Å². The normalized spacial score (nSPS) is 13.8. The average molecular weight is 378 g/mol. The average Bonchev–Trinajstić information content (AvgIpc) is 2.92. The van der Waals surface area contributed by atoms with Crippen molar-refractivity contribution in [1.82, 2.24) is 0 Å². The molecule has 0 bridgehead atoms. The second-order valence-corrected chi connectivity index (χ2v) is 5.90. The topological polar surface area (TPSA) is 77.1 Å². The second-order valence-electron chi connectivity index (χ2n) is 5.90. The van der Waals surface area contributed by atoms with E-state index in [-0.39, 0.29) is 17.2 Å². The second kappa shape index (κ2) is 7.10. The number of benzene rings is 2. The maximum atomic E-state index is 13.0. The molecule has 0 saturated heterocycles. The monoisotopic (exact) mass is 378 g/mol. The molecule has 27 heavy (non-hydrogen) atoms. The van der Waals surface area contributed by atoms with Gasteiger partial charge >= 0.3 is 12.3 Å². The summed E-state index contributed by atoms with van der Waals surface area (Å²) in [5, 5.41) is 2.43. The summed E-state index contributed by atoms with van der Waals surface area (Å²) in [6, 6.07) is 10.5. The zero-order chi connectivity index (χ0) is 19.6. The Labute approximate surface area is 153 Å². The molecule has 9 heteroatoms. The lowest BCUT2D eigenvalue weighted by molar-refractivity contribution is -0.286. The van der Waals surface area contributed by atoms with E-state index in [0.717, 1.165) is 5.69 Å². The first kappa shape index (κ1) is 18.4. The molecule has 1 heterocycles. The van der Waals surface area contributed by atoms with E-state index < -0.39 is 24.8 Å². The van der Waals surface area contributed by atoms with Crippen LogP contribution in [0.4, 0.5) is 20.2 Å². The maximum absolute atomic E-state index is 13.0. The van der Waals surface area contributed by atoms with E-state index in [2.05, 4.69) is 14.8 Å². The van der Waals surface area contributed by atoms with Crippen molar-refractivity contribution in [2.45, 2.75) is 6.29 Å². The highest BCUT2D eigenvalue weighted by Crippen LogP contribution is 2.42. The Bertz CT molecular complexity index is 886. The minimum Gasteiger partial charge on any atom is -0.452 e. The van der Waals surface area contributed by atoms with Crippen LogP contribution in [0.1, 0.15) is 10.4 Å². The van der Waals surface area contributed by atoms with E-state index in [1.807, 2.05) is 25.1 Å². The fraction of sp³-hybridized carbons (Fsp3) is 0.222. The number of carbonyl (C=O) groups excluding carboxylic acids is 2. The van der Waals surface area contributed by atoms with Crippen LogP contribution in [0.15, 0.2) is 42.5 Å². The van der Waals surface area contributed by atoms with Crippen molar-refractivity contribution in [3.8, 4) is 11.5 Å². The van der Waals surface area contributed by atoms with Crippen LogP contribution in [0.3, 0.4) is 0 Å². The zero-order valence-corrected chi connectivity index (χ0v) is 14.5. The molecule has 0 aromatic heterocycles. The molecule has 1 amide bonds. The van der Waals surface area contributed by atoms with Crippen molar-refractivity contribution in [2.24, 2.45) is 0 Å².